The highest BCUT2D eigenvalue weighted by Gasteiger charge is 2.23. The van der Waals surface area contributed by atoms with Crippen LogP contribution < -0.4 is 5.32 Å². The van der Waals surface area contributed by atoms with Crippen LogP contribution in [0.3, 0.4) is 0 Å². The monoisotopic (exact) mass is 320 g/mol. The number of aromatic nitrogens is 3. The molecule has 0 saturated carbocycles. The average Bonchev–Trinajstić information content (AvgIpc) is 2.38. The van der Waals surface area contributed by atoms with E-state index in [1.54, 1.807) is 12.4 Å². The quantitative estimate of drug-likeness (QED) is 0.917. The van der Waals surface area contributed by atoms with E-state index in [0.717, 1.165) is 21.5 Å². The SMILES string of the molecule is CNc1nc(-c2ccncc2)nc(C(C)(C)C)c1Br. The lowest BCUT2D eigenvalue weighted by atomic mass is 9.91. The van der Waals surface area contributed by atoms with Crippen molar-refractivity contribution in [3.63, 3.8) is 0 Å². The minimum atomic E-state index is -0.0604. The van der Waals surface area contributed by atoms with Crippen molar-refractivity contribution in [3.05, 3.63) is 34.7 Å². The summed E-state index contributed by atoms with van der Waals surface area (Å²) in [5, 5.41) is 3.10. The zero-order valence-electron chi connectivity index (χ0n) is 11.5. The van der Waals surface area contributed by atoms with Gasteiger partial charge >= 0.3 is 0 Å². The van der Waals surface area contributed by atoms with Gasteiger partial charge in [-0.3, -0.25) is 4.98 Å². The Balaban J connectivity index is 2.65. The van der Waals surface area contributed by atoms with Gasteiger partial charge in [0.2, 0.25) is 0 Å². The van der Waals surface area contributed by atoms with Crippen molar-refractivity contribution in [2.75, 3.05) is 12.4 Å². The molecule has 0 aliphatic rings. The smallest absolute Gasteiger partial charge is 0.161 e. The van der Waals surface area contributed by atoms with Crippen molar-refractivity contribution in [2.24, 2.45) is 0 Å². The molecule has 0 radical (unpaired) electrons. The van der Waals surface area contributed by atoms with Crippen LogP contribution in [-0.4, -0.2) is 22.0 Å². The lowest BCUT2D eigenvalue weighted by molar-refractivity contribution is 0.564. The predicted molar refractivity (Wildman–Crippen MR) is 81.2 cm³/mol. The molecule has 0 aliphatic carbocycles. The molecular formula is C14H17BrN4. The fraction of sp³-hybridized carbons (Fsp3) is 0.357. The molecule has 5 heteroatoms. The minimum absolute atomic E-state index is 0.0604. The number of nitrogens with one attached hydrogen (secondary N) is 1. The van der Waals surface area contributed by atoms with Crippen molar-refractivity contribution in [1.82, 2.24) is 15.0 Å². The molecule has 0 aliphatic heterocycles. The van der Waals surface area contributed by atoms with Gasteiger partial charge < -0.3 is 5.32 Å². The molecule has 0 fully saturated rings. The fourth-order valence-corrected chi connectivity index (χ4v) is 2.71. The number of rotatable bonds is 2. The minimum Gasteiger partial charge on any atom is -0.372 e. The van der Waals surface area contributed by atoms with Gasteiger partial charge in [0, 0.05) is 30.4 Å². The summed E-state index contributed by atoms with van der Waals surface area (Å²) in [7, 11) is 1.86. The first-order chi connectivity index (χ1) is 8.93. The van der Waals surface area contributed by atoms with E-state index < -0.39 is 0 Å². The zero-order valence-corrected chi connectivity index (χ0v) is 13.1. The van der Waals surface area contributed by atoms with E-state index in [1.165, 1.54) is 0 Å². The lowest BCUT2D eigenvalue weighted by Crippen LogP contribution is -2.17. The zero-order chi connectivity index (χ0) is 14.0. The van der Waals surface area contributed by atoms with Gasteiger partial charge in [0.1, 0.15) is 5.82 Å². The maximum atomic E-state index is 4.70. The third kappa shape index (κ3) is 2.92. The molecule has 0 saturated heterocycles. The Kier molecular flexibility index (Phi) is 3.85. The Hall–Kier alpha value is -1.49. The van der Waals surface area contributed by atoms with Gasteiger partial charge in [0.25, 0.3) is 0 Å². The Morgan fingerprint density at radius 2 is 1.74 bits per heavy atom. The standard InChI is InChI=1S/C14H17BrN4/c1-14(2,3)11-10(15)13(16-4)19-12(18-11)9-5-7-17-8-6-9/h5-8H,1-4H3,(H,16,18,19). The maximum Gasteiger partial charge on any atom is 0.161 e. The van der Waals surface area contributed by atoms with Gasteiger partial charge in [0.05, 0.1) is 10.2 Å². The van der Waals surface area contributed by atoms with E-state index in [2.05, 4.69) is 52.0 Å². The van der Waals surface area contributed by atoms with Gasteiger partial charge in [-0.1, -0.05) is 20.8 Å². The van der Waals surface area contributed by atoms with E-state index in [0.29, 0.717) is 5.82 Å². The lowest BCUT2D eigenvalue weighted by Gasteiger charge is -2.21. The maximum absolute atomic E-state index is 4.70. The molecule has 2 rings (SSSR count). The highest BCUT2D eigenvalue weighted by Crippen LogP contribution is 2.34. The first kappa shape index (κ1) is 13.9. The van der Waals surface area contributed by atoms with Crippen LogP contribution in [0, 0.1) is 0 Å². The predicted octanol–water partition coefficient (Wildman–Crippen LogP) is 3.64. The summed E-state index contributed by atoms with van der Waals surface area (Å²) in [6.07, 6.45) is 3.49. The van der Waals surface area contributed by atoms with Crippen molar-refractivity contribution in [2.45, 2.75) is 26.2 Å². The normalized spacial score (nSPS) is 11.4. The first-order valence-corrected chi connectivity index (χ1v) is 6.89. The molecular weight excluding hydrogens is 304 g/mol. The molecule has 2 heterocycles. The van der Waals surface area contributed by atoms with Crippen molar-refractivity contribution in [3.8, 4) is 11.4 Å². The van der Waals surface area contributed by atoms with Gasteiger partial charge in [-0.15, -0.1) is 0 Å². The summed E-state index contributed by atoms with van der Waals surface area (Å²) in [4.78, 5) is 13.3. The number of nitrogens with zero attached hydrogens (tertiary/aromatic N) is 3. The second-order valence-corrected chi connectivity index (χ2v) is 6.09. The van der Waals surface area contributed by atoms with Crippen LogP contribution in [-0.2, 0) is 5.41 Å². The largest absolute Gasteiger partial charge is 0.372 e. The third-order valence-corrected chi connectivity index (χ3v) is 3.49. The number of hydrogen-bond donors (Lipinski definition) is 1. The summed E-state index contributed by atoms with van der Waals surface area (Å²) < 4.78 is 0.917. The average molecular weight is 321 g/mol. The molecule has 0 spiro atoms. The molecule has 1 N–H and O–H groups in total. The van der Waals surface area contributed by atoms with Gasteiger partial charge in [-0.2, -0.15) is 0 Å². The summed E-state index contributed by atoms with van der Waals surface area (Å²) in [6, 6.07) is 3.82. The number of anilines is 1. The first-order valence-electron chi connectivity index (χ1n) is 6.09. The van der Waals surface area contributed by atoms with Crippen molar-refractivity contribution in [1.29, 1.82) is 0 Å². The molecule has 0 bridgehead atoms. The molecule has 0 atom stereocenters. The van der Waals surface area contributed by atoms with E-state index >= 15 is 0 Å². The van der Waals surface area contributed by atoms with Gasteiger partial charge in [-0.05, 0) is 28.1 Å². The molecule has 2 aromatic heterocycles. The van der Waals surface area contributed by atoms with E-state index in [1.807, 2.05) is 19.2 Å². The van der Waals surface area contributed by atoms with E-state index in [-0.39, 0.29) is 5.41 Å². The molecule has 0 unspecified atom stereocenters. The van der Waals surface area contributed by atoms with E-state index in [9.17, 15) is 0 Å². The van der Waals surface area contributed by atoms with Crippen LogP contribution in [0.1, 0.15) is 26.5 Å². The van der Waals surface area contributed by atoms with Gasteiger partial charge in [0.15, 0.2) is 5.82 Å². The van der Waals surface area contributed by atoms with Crippen molar-refractivity contribution >= 4 is 21.7 Å². The van der Waals surface area contributed by atoms with Crippen molar-refractivity contribution < 1.29 is 0 Å². The van der Waals surface area contributed by atoms with Crippen LogP contribution >= 0.6 is 15.9 Å². The van der Waals surface area contributed by atoms with Crippen LogP contribution in [0.2, 0.25) is 0 Å². The molecule has 2 aromatic rings. The third-order valence-electron chi connectivity index (χ3n) is 2.74. The Labute approximate surface area is 121 Å². The number of hydrogen-bond acceptors (Lipinski definition) is 4. The summed E-state index contributed by atoms with van der Waals surface area (Å²) in [6.45, 7) is 6.40. The van der Waals surface area contributed by atoms with Gasteiger partial charge in [-0.25, -0.2) is 9.97 Å². The topological polar surface area (TPSA) is 50.7 Å². The highest BCUT2D eigenvalue weighted by atomic mass is 79.9. The summed E-state index contributed by atoms with van der Waals surface area (Å²) in [5.41, 5.74) is 1.89. The Morgan fingerprint density at radius 1 is 1.11 bits per heavy atom. The van der Waals surface area contributed by atoms with E-state index in [4.69, 9.17) is 4.98 Å². The van der Waals surface area contributed by atoms with Crippen LogP contribution in [0.4, 0.5) is 5.82 Å². The number of pyridine rings is 1. The second-order valence-electron chi connectivity index (χ2n) is 5.29. The molecule has 100 valence electrons. The molecule has 0 aromatic carbocycles. The number of halogens is 1. The fourth-order valence-electron chi connectivity index (χ4n) is 1.74. The molecule has 0 amide bonds. The highest BCUT2D eigenvalue weighted by molar-refractivity contribution is 9.10. The summed E-state index contributed by atoms with van der Waals surface area (Å²) in [5.74, 6) is 1.51. The molecule has 19 heavy (non-hydrogen) atoms. The Bertz CT molecular complexity index is 576. The van der Waals surface area contributed by atoms with Crippen LogP contribution in [0.15, 0.2) is 29.0 Å². The Morgan fingerprint density at radius 3 is 2.26 bits per heavy atom. The van der Waals surface area contributed by atoms with Crippen LogP contribution in [0.5, 0.6) is 0 Å². The van der Waals surface area contributed by atoms with Crippen LogP contribution in [0.25, 0.3) is 11.4 Å². The summed E-state index contributed by atoms with van der Waals surface area (Å²) >= 11 is 3.58. The molecule has 4 nitrogen and oxygen atoms in total. The second kappa shape index (κ2) is 5.25.